The van der Waals surface area contributed by atoms with Crippen molar-refractivity contribution in [2.75, 3.05) is 17.8 Å². The molecule has 1 heterocycles. The summed E-state index contributed by atoms with van der Waals surface area (Å²) in [7, 11) is -7.04. The number of carbonyl (C=O) groups is 1. The Morgan fingerprint density at radius 3 is 2.33 bits per heavy atom. The minimum Gasteiger partial charge on any atom is -0.478 e. The van der Waals surface area contributed by atoms with Crippen molar-refractivity contribution in [1.29, 1.82) is 0 Å². The van der Waals surface area contributed by atoms with Gasteiger partial charge in [-0.15, -0.1) is 0 Å². The third-order valence-corrected chi connectivity index (χ3v) is 6.22. The van der Waals surface area contributed by atoms with Crippen LogP contribution in [-0.2, 0) is 33.0 Å². The number of benzene rings is 1. The fourth-order valence-corrected chi connectivity index (χ4v) is 5.06. The van der Waals surface area contributed by atoms with E-state index in [0.717, 1.165) is 11.8 Å². The van der Waals surface area contributed by atoms with Gasteiger partial charge >= 0.3 is 5.97 Å². The summed E-state index contributed by atoms with van der Waals surface area (Å²) in [5.74, 6) is -1.97. The number of hydrogen-bond donors (Lipinski definition) is 1. The number of nitrogens with zero attached hydrogens (tertiary/aromatic N) is 1. The molecular formula is C12H15NO6S2. The molecular weight excluding hydrogens is 318 g/mol. The standard InChI is InChI=1S/C12H15NO6S2/c1-20(16,17)4-5-21(18,19)13-7-10-3-2-9(12(14)15)6-11(10)8-13/h2-3,6H,4-5,7-8H2,1H3,(H,14,15). The van der Waals surface area contributed by atoms with Gasteiger partial charge in [0, 0.05) is 19.3 Å². The van der Waals surface area contributed by atoms with E-state index in [0.29, 0.717) is 5.56 Å². The molecule has 1 aromatic rings. The molecule has 2 rings (SSSR count). The first-order chi connectivity index (χ1) is 9.58. The lowest BCUT2D eigenvalue weighted by atomic mass is 10.1. The third-order valence-electron chi connectivity index (χ3n) is 3.25. The topological polar surface area (TPSA) is 109 Å². The molecule has 0 spiro atoms. The first-order valence-electron chi connectivity index (χ1n) is 6.09. The monoisotopic (exact) mass is 333 g/mol. The van der Waals surface area contributed by atoms with Crippen molar-refractivity contribution in [3.63, 3.8) is 0 Å². The summed E-state index contributed by atoms with van der Waals surface area (Å²) in [5, 5.41) is 8.92. The molecule has 0 bridgehead atoms. The van der Waals surface area contributed by atoms with Gasteiger partial charge in [-0.25, -0.2) is 21.6 Å². The molecule has 0 aromatic heterocycles. The van der Waals surface area contributed by atoms with Crippen LogP contribution >= 0.6 is 0 Å². The van der Waals surface area contributed by atoms with E-state index in [-0.39, 0.29) is 18.7 Å². The van der Waals surface area contributed by atoms with Gasteiger partial charge in [-0.2, -0.15) is 4.31 Å². The zero-order valence-corrected chi connectivity index (χ0v) is 12.9. The summed E-state index contributed by atoms with van der Waals surface area (Å²) in [6, 6.07) is 4.46. The molecule has 0 aliphatic carbocycles. The highest BCUT2D eigenvalue weighted by atomic mass is 32.2. The van der Waals surface area contributed by atoms with Crippen LogP contribution in [0.5, 0.6) is 0 Å². The van der Waals surface area contributed by atoms with Gasteiger partial charge in [0.15, 0.2) is 0 Å². The Morgan fingerprint density at radius 1 is 1.14 bits per heavy atom. The zero-order valence-electron chi connectivity index (χ0n) is 11.3. The van der Waals surface area contributed by atoms with Crippen LogP contribution < -0.4 is 0 Å². The lowest BCUT2D eigenvalue weighted by molar-refractivity contribution is 0.0696. The van der Waals surface area contributed by atoms with Crippen LogP contribution in [0.4, 0.5) is 0 Å². The van der Waals surface area contributed by atoms with E-state index in [9.17, 15) is 21.6 Å². The number of hydrogen-bond acceptors (Lipinski definition) is 5. The van der Waals surface area contributed by atoms with Gasteiger partial charge in [0.1, 0.15) is 9.84 Å². The third kappa shape index (κ3) is 3.80. The van der Waals surface area contributed by atoms with Crippen LogP contribution in [0.25, 0.3) is 0 Å². The Morgan fingerprint density at radius 2 is 1.76 bits per heavy atom. The van der Waals surface area contributed by atoms with Crippen molar-refractivity contribution in [1.82, 2.24) is 4.31 Å². The summed E-state index contributed by atoms with van der Waals surface area (Å²) in [5.41, 5.74) is 1.48. The average molecular weight is 333 g/mol. The summed E-state index contributed by atoms with van der Waals surface area (Å²) in [6.07, 6.45) is 0.986. The molecule has 0 radical (unpaired) electrons. The molecule has 1 aliphatic rings. The van der Waals surface area contributed by atoms with Crippen LogP contribution in [0.1, 0.15) is 21.5 Å². The number of carboxylic acid groups (broad SMARTS) is 1. The normalized spacial score (nSPS) is 15.9. The number of sulfonamides is 1. The molecule has 0 amide bonds. The molecule has 9 heteroatoms. The minimum atomic E-state index is -3.69. The van der Waals surface area contributed by atoms with Crippen LogP contribution in [-0.4, -0.2) is 50.0 Å². The first-order valence-corrected chi connectivity index (χ1v) is 9.76. The van der Waals surface area contributed by atoms with Gasteiger partial charge in [-0.3, -0.25) is 0 Å². The number of sulfone groups is 1. The van der Waals surface area contributed by atoms with E-state index in [4.69, 9.17) is 5.11 Å². The fraction of sp³-hybridized carbons (Fsp3) is 0.417. The molecule has 21 heavy (non-hydrogen) atoms. The highest BCUT2D eigenvalue weighted by Crippen LogP contribution is 2.26. The van der Waals surface area contributed by atoms with Crippen molar-refractivity contribution in [3.05, 3.63) is 34.9 Å². The molecule has 1 aromatic carbocycles. The smallest absolute Gasteiger partial charge is 0.335 e. The highest BCUT2D eigenvalue weighted by Gasteiger charge is 2.30. The number of carboxylic acids is 1. The molecule has 0 saturated heterocycles. The van der Waals surface area contributed by atoms with E-state index in [2.05, 4.69) is 0 Å². The largest absolute Gasteiger partial charge is 0.478 e. The van der Waals surface area contributed by atoms with Gasteiger partial charge in [0.05, 0.1) is 17.1 Å². The Balaban J connectivity index is 2.17. The van der Waals surface area contributed by atoms with Crippen LogP contribution in [0.3, 0.4) is 0 Å². The predicted octanol–water partition coefficient (Wildman–Crippen LogP) is 0.0748. The zero-order chi connectivity index (χ0) is 15.8. The van der Waals surface area contributed by atoms with E-state index in [1.165, 1.54) is 16.4 Å². The number of rotatable bonds is 5. The van der Waals surface area contributed by atoms with Crippen LogP contribution in [0.2, 0.25) is 0 Å². The van der Waals surface area contributed by atoms with Crippen molar-refractivity contribution < 1.29 is 26.7 Å². The molecule has 116 valence electrons. The Labute approximate surface area is 123 Å². The van der Waals surface area contributed by atoms with Crippen molar-refractivity contribution >= 4 is 25.8 Å². The highest BCUT2D eigenvalue weighted by molar-refractivity contribution is 7.93. The molecule has 7 nitrogen and oxygen atoms in total. The Bertz CT molecular complexity index is 782. The van der Waals surface area contributed by atoms with Crippen molar-refractivity contribution in [2.45, 2.75) is 13.1 Å². The SMILES string of the molecule is CS(=O)(=O)CCS(=O)(=O)N1Cc2ccc(C(=O)O)cc2C1. The van der Waals surface area contributed by atoms with Crippen LogP contribution in [0, 0.1) is 0 Å². The van der Waals surface area contributed by atoms with E-state index < -0.39 is 37.3 Å². The molecule has 1 N–H and O–H groups in total. The van der Waals surface area contributed by atoms with Gasteiger partial charge in [-0.05, 0) is 23.3 Å². The summed E-state index contributed by atoms with van der Waals surface area (Å²) in [6.45, 7) is 0.212. The molecule has 0 unspecified atom stereocenters. The second-order valence-corrected chi connectivity index (χ2v) is 9.35. The van der Waals surface area contributed by atoms with Gasteiger partial charge in [0.25, 0.3) is 0 Å². The maximum Gasteiger partial charge on any atom is 0.335 e. The summed E-state index contributed by atoms with van der Waals surface area (Å²) < 4.78 is 47.6. The lowest BCUT2D eigenvalue weighted by Gasteiger charge is -2.14. The Hall–Kier alpha value is -1.45. The van der Waals surface area contributed by atoms with E-state index >= 15 is 0 Å². The van der Waals surface area contributed by atoms with Gasteiger partial charge in [0.2, 0.25) is 10.0 Å². The minimum absolute atomic E-state index is 0.0720. The number of aromatic carboxylic acids is 1. The molecule has 0 fully saturated rings. The predicted molar refractivity (Wildman–Crippen MR) is 76.1 cm³/mol. The number of fused-ring (bicyclic) bond motifs is 1. The second-order valence-electron chi connectivity index (χ2n) is 5.00. The van der Waals surface area contributed by atoms with Crippen molar-refractivity contribution in [2.24, 2.45) is 0 Å². The molecule has 1 aliphatic heterocycles. The average Bonchev–Trinajstić information content (AvgIpc) is 2.79. The second kappa shape index (κ2) is 5.39. The van der Waals surface area contributed by atoms with Gasteiger partial charge in [-0.1, -0.05) is 6.07 Å². The van der Waals surface area contributed by atoms with Gasteiger partial charge < -0.3 is 5.11 Å². The van der Waals surface area contributed by atoms with Crippen molar-refractivity contribution in [3.8, 4) is 0 Å². The lowest BCUT2D eigenvalue weighted by Crippen LogP contribution is -2.30. The molecule has 0 saturated carbocycles. The fourth-order valence-electron chi connectivity index (χ4n) is 2.08. The van der Waals surface area contributed by atoms with Crippen LogP contribution in [0.15, 0.2) is 18.2 Å². The quantitative estimate of drug-likeness (QED) is 0.817. The first kappa shape index (κ1) is 15.9. The van der Waals surface area contributed by atoms with E-state index in [1.807, 2.05) is 0 Å². The molecule has 0 atom stereocenters. The Kier molecular flexibility index (Phi) is 4.09. The summed E-state index contributed by atoms with van der Waals surface area (Å²) >= 11 is 0. The van der Waals surface area contributed by atoms with E-state index in [1.54, 1.807) is 6.07 Å². The maximum atomic E-state index is 12.1. The summed E-state index contributed by atoms with van der Waals surface area (Å²) in [4.78, 5) is 10.9. The maximum absolute atomic E-state index is 12.1.